The topological polar surface area (TPSA) is 111 Å². The minimum absolute atomic E-state index is 0.129. The minimum atomic E-state index is -1.09. The fourth-order valence-electron chi connectivity index (χ4n) is 1.89. The van der Waals surface area contributed by atoms with Crippen LogP contribution in [0.1, 0.15) is 13.8 Å². The van der Waals surface area contributed by atoms with E-state index < -0.39 is 18.0 Å². The van der Waals surface area contributed by atoms with E-state index in [2.05, 4.69) is 16.0 Å². The summed E-state index contributed by atoms with van der Waals surface area (Å²) in [5, 5.41) is 16.8. The van der Waals surface area contributed by atoms with Gasteiger partial charge in [-0.3, -0.25) is 4.79 Å². The predicted molar refractivity (Wildman–Crippen MR) is 72.2 cm³/mol. The fourth-order valence-corrected chi connectivity index (χ4v) is 1.89. The van der Waals surface area contributed by atoms with E-state index in [1.54, 1.807) is 18.7 Å². The lowest BCUT2D eigenvalue weighted by molar-refractivity contribution is -0.140. The zero-order valence-corrected chi connectivity index (χ0v) is 11.8. The smallest absolute Gasteiger partial charge is 0.326 e. The van der Waals surface area contributed by atoms with E-state index in [1.807, 2.05) is 0 Å². The van der Waals surface area contributed by atoms with Crippen LogP contribution in [0.3, 0.4) is 0 Å². The van der Waals surface area contributed by atoms with Crippen molar-refractivity contribution in [2.45, 2.75) is 19.9 Å². The monoisotopic (exact) mass is 286 g/mol. The summed E-state index contributed by atoms with van der Waals surface area (Å²) < 4.78 is 0. The van der Waals surface area contributed by atoms with Crippen molar-refractivity contribution < 1.29 is 19.5 Å². The Morgan fingerprint density at radius 3 is 2.35 bits per heavy atom. The van der Waals surface area contributed by atoms with Crippen LogP contribution in [0.5, 0.6) is 0 Å². The molecule has 0 bridgehead atoms. The predicted octanol–water partition coefficient (Wildman–Crippen LogP) is -1.17. The van der Waals surface area contributed by atoms with Gasteiger partial charge < -0.3 is 26.0 Å². The van der Waals surface area contributed by atoms with Crippen molar-refractivity contribution in [1.82, 2.24) is 20.9 Å². The normalized spacial score (nSPS) is 16.6. The molecule has 1 heterocycles. The van der Waals surface area contributed by atoms with Crippen molar-refractivity contribution in [1.29, 1.82) is 0 Å². The van der Waals surface area contributed by atoms with Crippen molar-refractivity contribution >= 4 is 17.9 Å². The molecule has 0 aromatic heterocycles. The van der Waals surface area contributed by atoms with Crippen LogP contribution in [-0.2, 0) is 9.59 Å². The van der Waals surface area contributed by atoms with Gasteiger partial charge in [-0.15, -0.1) is 0 Å². The first-order valence-corrected chi connectivity index (χ1v) is 6.67. The Kier molecular flexibility index (Phi) is 6.23. The molecule has 1 unspecified atom stereocenters. The maximum Gasteiger partial charge on any atom is 0.326 e. The Balaban J connectivity index is 2.34. The summed E-state index contributed by atoms with van der Waals surface area (Å²) in [6, 6.07) is -1.61. The number of carbonyl (C=O) groups is 3. The quantitative estimate of drug-likeness (QED) is 0.509. The van der Waals surface area contributed by atoms with Crippen molar-refractivity contribution in [3.63, 3.8) is 0 Å². The standard InChI is InChI=1S/C12H22N4O4/c1-8(2)10(11(18)19)15-12(20)14-7-9(17)16-5-3-13-4-6-16/h8,10,13H,3-7H2,1-2H3,(H,18,19)(H2,14,15,20). The largest absolute Gasteiger partial charge is 0.480 e. The average molecular weight is 286 g/mol. The molecular weight excluding hydrogens is 264 g/mol. The lowest BCUT2D eigenvalue weighted by atomic mass is 10.1. The van der Waals surface area contributed by atoms with Gasteiger partial charge in [0.05, 0.1) is 6.54 Å². The zero-order valence-electron chi connectivity index (χ0n) is 11.8. The van der Waals surface area contributed by atoms with Crippen LogP contribution in [-0.4, -0.2) is 66.7 Å². The van der Waals surface area contributed by atoms with Gasteiger partial charge in [0.25, 0.3) is 0 Å². The number of aliphatic carboxylic acids is 1. The number of piperazine rings is 1. The van der Waals surface area contributed by atoms with Gasteiger partial charge in [-0.1, -0.05) is 13.8 Å². The molecule has 1 atom stereocenters. The summed E-state index contributed by atoms with van der Waals surface area (Å²) in [4.78, 5) is 36.0. The molecule has 8 nitrogen and oxygen atoms in total. The highest BCUT2D eigenvalue weighted by atomic mass is 16.4. The minimum Gasteiger partial charge on any atom is -0.480 e. The molecule has 1 rings (SSSR count). The highest BCUT2D eigenvalue weighted by molar-refractivity contribution is 5.86. The number of rotatable bonds is 5. The molecule has 0 saturated carbocycles. The Morgan fingerprint density at radius 2 is 1.85 bits per heavy atom. The van der Waals surface area contributed by atoms with Crippen molar-refractivity contribution in [3.8, 4) is 0 Å². The van der Waals surface area contributed by atoms with E-state index in [-0.39, 0.29) is 18.4 Å². The molecule has 1 aliphatic rings. The molecule has 0 radical (unpaired) electrons. The van der Waals surface area contributed by atoms with Gasteiger partial charge in [-0.25, -0.2) is 9.59 Å². The van der Waals surface area contributed by atoms with E-state index in [9.17, 15) is 14.4 Å². The zero-order chi connectivity index (χ0) is 15.1. The van der Waals surface area contributed by atoms with Crippen LogP contribution in [0.15, 0.2) is 0 Å². The summed E-state index contributed by atoms with van der Waals surface area (Å²) in [5.41, 5.74) is 0. The lowest BCUT2D eigenvalue weighted by Crippen LogP contribution is -2.53. The maximum atomic E-state index is 11.8. The average Bonchev–Trinajstić information content (AvgIpc) is 2.42. The van der Waals surface area contributed by atoms with Crippen molar-refractivity contribution in [3.05, 3.63) is 0 Å². The van der Waals surface area contributed by atoms with Crippen LogP contribution in [0, 0.1) is 5.92 Å². The van der Waals surface area contributed by atoms with E-state index in [0.717, 1.165) is 13.1 Å². The Bertz CT molecular complexity index is 366. The van der Waals surface area contributed by atoms with Crippen LogP contribution >= 0.6 is 0 Å². The molecular formula is C12H22N4O4. The van der Waals surface area contributed by atoms with Gasteiger partial charge in [-0.05, 0) is 5.92 Å². The number of carboxylic acid groups (broad SMARTS) is 1. The number of carbonyl (C=O) groups excluding carboxylic acids is 2. The third-order valence-corrected chi connectivity index (χ3v) is 3.09. The number of hydrogen-bond acceptors (Lipinski definition) is 4. The highest BCUT2D eigenvalue weighted by Crippen LogP contribution is 2.01. The Morgan fingerprint density at radius 1 is 1.25 bits per heavy atom. The number of carboxylic acids is 1. The second kappa shape index (κ2) is 7.68. The first-order valence-electron chi connectivity index (χ1n) is 6.67. The Hall–Kier alpha value is -1.83. The van der Waals surface area contributed by atoms with Gasteiger partial charge >= 0.3 is 12.0 Å². The van der Waals surface area contributed by atoms with Crippen LogP contribution in [0.2, 0.25) is 0 Å². The van der Waals surface area contributed by atoms with Gasteiger partial charge in [0.2, 0.25) is 5.91 Å². The van der Waals surface area contributed by atoms with Crippen molar-refractivity contribution in [2.24, 2.45) is 5.92 Å². The van der Waals surface area contributed by atoms with Gasteiger partial charge in [0.1, 0.15) is 6.04 Å². The summed E-state index contributed by atoms with van der Waals surface area (Å²) in [6.45, 7) is 5.99. The van der Waals surface area contributed by atoms with E-state index in [4.69, 9.17) is 5.11 Å². The van der Waals surface area contributed by atoms with E-state index >= 15 is 0 Å². The first-order chi connectivity index (χ1) is 9.41. The number of hydrogen-bond donors (Lipinski definition) is 4. The van der Waals surface area contributed by atoms with Crippen molar-refractivity contribution in [2.75, 3.05) is 32.7 Å². The highest BCUT2D eigenvalue weighted by Gasteiger charge is 2.24. The molecule has 0 aromatic carbocycles. The van der Waals surface area contributed by atoms with Gasteiger partial charge in [-0.2, -0.15) is 0 Å². The van der Waals surface area contributed by atoms with E-state index in [0.29, 0.717) is 13.1 Å². The SMILES string of the molecule is CC(C)C(NC(=O)NCC(=O)N1CCNCC1)C(=O)O. The van der Waals surface area contributed by atoms with Crippen LogP contribution in [0.25, 0.3) is 0 Å². The van der Waals surface area contributed by atoms with Gasteiger partial charge in [0, 0.05) is 26.2 Å². The third kappa shape index (κ3) is 5.04. The maximum absolute atomic E-state index is 11.8. The molecule has 3 amide bonds. The molecule has 1 saturated heterocycles. The summed E-state index contributed by atoms with van der Waals surface area (Å²) in [5.74, 6) is -1.50. The number of nitrogens with zero attached hydrogens (tertiary/aromatic N) is 1. The lowest BCUT2D eigenvalue weighted by Gasteiger charge is -2.27. The fraction of sp³-hybridized carbons (Fsp3) is 0.750. The number of urea groups is 1. The molecule has 114 valence electrons. The molecule has 20 heavy (non-hydrogen) atoms. The Labute approximate surface area is 117 Å². The molecule has 0 spiro atoms. The molecule has 1 fully saturated rings. The van der Waals surface area contributed by atoms with Gasteiger partial charge in [0.15, 0.2) is 0 Å². The second-order valence-electron chi connectivity index (χ2n) is 5.02. The summed E-state index contributed by atoms with van der Waals surface area (Å²) >= 11 is 0. The number of amides is 3. The third-order valence-electron chi connectivity index (χ3n) is 3.09. The molecule has 4 N–H and O–H groups in total. The molecule has 1 aliphatic heterocycles. The second-order valence-corrected chi connectivity index (χ2v) is 5.02. The summed E-state index contributed by atoms with van der Waals surface area (Å²) in [6.07, 6.45) is 0. The molecule has 8 heteroatoms. The van der Waals surface area contributed by atoms with Crippen LogP contribution < -0.4 is 16.0 Å². The number of nitrogens with one attached hydrogen (secondary N) is 3. The molecule has 0 aromatic rings. The van der Waals surface area contributed by atoms with Crippen LogP contribution in [0.4, 0.5) is 4.79 Å². The molecule has 0 aliphatic carbocycles. The summed E-state index contributed by atoms with van der Waals surface area (Å²) in [7, 11) is 0. The first kappa shape index (κ1) is 16.2. The van der Waals surface area contributed by atoms with E-state index in [1.165, 1.54) is 0 Å².